The van der Waals surface area contributed by atoms with Crippen LogP contribution in [-0.4, -0.2) is 22.8 Å². The molecule has 0 heterocycles. The van der Waals surface area contributed by atoms with Gasteiger partial charge in [-0.15, -0.1) is 17.0 Å². The van der Waals surface area contributed by atoms with Crippen molar-refractivity contribution < 1.29 is 10.2 Å². The van der Waals surface area contributed by atoms with Crippen LogP contribution in [0.1, 0.15) is 19.4 Å². The second-order valence-corrected chi connectivity index (χ2v) is 3.49. The molecule has 4 heteroatoms. The minimum absolute atomic E-state index is 0. The van der Waals surface area contributed by atoms with Crippen molar-refractivity contribution in [2.24, 2.45) is 0 Å². The lowest BCUT2D eigenvalue weighted by Crippen LogP contribution is -2.27. The summed E-state index contributed by atoms with van der Waals surface area (Å²) in [6.07, 6.45) is 0.849. The Hall–Kier alpha value is -0.740. The van der Waals surface area contributed by atoms with E-state index >= 15 is 0 Å². The van der Waals surface area contributed by atoms with E-state index in [0.29, 0.717) is 6.04 Å². The molecule has 1 rings (SSSR count). The summed E-state index contributed by atoms with van der Waals surface area (Å²) in [6, 6.07) is 5.32. The predicted octanol–water partition coefficient (Wildman–Crippen LogP) is 2.22. The Bertz CT molecular complexity index is 305. The first-order valence-corrected chi connectivity index (χ1v) is 4.87. The molecule has 0 amide bonds. The van der Waals surface area contributed by atoms with Gasteiger partial charge in [0.05, 0.1) is 0 Å². The van der Waals surface area contributed by atoms with Crippen molar-refractivity contribution in [3.8, 4) is 11.5 Å². The summed E-state index contributed by atoms with van der Waals surface area (Å²) in [7, 11) is 0. The molecule has 0 aliphatic carbocycles. The molecule has 86 valence electrons. The minimum Gasteiger partial charge on any atom is -0.504 e. The highest BCUT2D eigenvalue weighted by atomic mass is 79.9. The number of phenolic OH excluding ortho intramolecular Hbond substituents is 2. The van der Waals surface area contributed by atoms with Gasteiger partial charge in [-0.1, -0.05) is 13.0 Å². The highest BCUT2D eigenvalue weighted by Gasteiger charge is 2.04. The van der Waals surface area contributed by atoms with Gasteiger partial charge in [0.25, 0.3) is 0 Å². The number of hydrogen-bond acceptors (Lipinski definition) is 3. The van der Waals surface area contributed by atoms with Crippen molar-refractivity contribution in [2.75, 3.05) is 6.54 Å². The monoisotopic (exact) mass is 275 g/mol. The molecule has 0 bridgehead atoms. The van der Waals surface area contributed by atoms with Crippen LogP contribution < -0.4 is 5.32 Å². The third-order valence-corrected chi connectivity index (χ3v) is 2.13. The van der Waals surface area contributed by atoms with Crippen molar-refractivity contribution >= 4 is 17.0 Å². The zero-order valence-corrected chi connectivity index (χ0v) is 10.7. The van der Waals surface area contributed by atoms with Crippen LogP contribution in [0, 0.1) is 0 Å². The minimum atomic E-state index is -0.0650. The van der Waals surface area contributed by atoms with Gasteiger partial charge in [0.1, 0.15) is 0 Å². The molecule has 0 aliphatic rings. The van der Waals surface area contributed by atoms with Crippen LogP contribution in [0.15, 0.2) is 18.2 Å². The van der Waals surface area contributed by atoms with Crippen LogP contribution in [0.5, 0.6) is 11.5 Å². The lowest BCUT2D eigenvalue weighted by molar-refractivity contribution is 0.402. The van der Waals surface area contributed by atoms with E-state index in [1.54, 1.807) is 6.07 Å². The van der Waals surface area contributed by atoms with E-state index in [0.717, 1.165) is 18.5 Å². The van der Waals surface area contributed by atoms with Crippen LogP contribution in [0.2, 0.25) is 0 Å². The normalized spacial score (nSPS) is 11.9. The number of aromatic hydroxyl groups is 2. The summed E-state index contributed by atoms with van der Waals surface area (Å²) in [5.41, 5.74) is 1.02. The number of likely N-dealkylation sites (N-methyl/N-ethyl adjacent to an activating group) is 1. The Labute approximate surface area is 101 Å². The van der Waals surface area contributed by atoms with Crippen molar-refractivity contribution in [1.29, 1.82) is 0 Å². The lowest BCUT2D eigenvalue weighted by Gasteiger charge is -2.12. The highest BCUT2D eigenvalue weighted by Crippen LogP contribution is 2.25. The zero-order valence-electron chi connectivity index (χ0n) is 9.03. The molecule has 3 N–H and O–H groups in total. The first-order valence-electron chi connectivity index (χ1n) is 4.87. The van der Waals surface area contributed by atoms with Gasteiger partial charge < -0.3 is 15.5 Å². The first kappa shape index (κ1) is 14.3. The Morgan fingerprint density at radius 2 is 1.93 bits per heavy atom. The molecule has 0 aliphatic heterocycles. The van der Waals surface area contributed by atoms with E-state index in [4.69, 9.17) is 5.11 Å². The number of benzene rings is 1. The van der Waals surface area contributed by atoms with Crippen molar-refractivity contribution in [1.82, 2.24) is 5.32 Å². The van der Waals surface area contributed by atoms with Gasteiger partial charge in [-0.3, -0.25) is 0 Å². The number of halogens is 1. The summed E-state index contributed by atoms with van der Waals surface area (Å²) in [6.45, 7) is 5.09. The average Bonchev–Trinajstić information content (AvgIpc) is 2.12. The van der Waals surface area contributed by atoms with Gasteiger partial charge in [0, 0.05) is 6.04 Å². The molecule has 1 aromatic carbocycles. The smallest absolute Gasteiger partial charge is 0.157 e. The molecule has 3 nitrogen and oxygen atoms in total. The van der Waals surface area contributed by atoms with Gasteiger partial charge in [-0.05, 0) is 37.6 Å². The second kappa shape index (κ2) is 6.69. The largest absolute Gasteiger partial charge is 0.504 e. The molecule has 1 atom stereocenters. The molecule has 0 aromatic heterocycles. The maximum Gasteiger partial charge on any atom is 0.157 e. The Morgan fingerprint density at radius 1 is 1.27 bits per heavy atom. The second-order valence-electron chi connectivity index (χ2n) is 3.49. The highest BCUT2D eigenvalue weighted by molar-refractivity contribution is 8.93. The fourth-order valence-corrected chi connectivity index (χ4v) is 1.47. The van der Waals surface area contributed by atoms with E-state index < -0.39 is 0 Å². The van der Waals surface area contributed by atoms with Gasteiger partial charge in [-0.25, -0.2) is 0 Å². The van der Waals surface area contributed by atoms with Crippen LogP contribution in [0.4, 0.5) is 0 Å². The molecule has 0 saturated carbocycles. The molecule has 1 aromatic rings. The maximum absolute atomic E-state index is 9.27. The molecule has 15 heavy (non-hydrogen) atoms. The fourth-order valence-electron chi connectivity index (χ4n) is 1.47. The topological polar surface area (TPSA) is 52.5 Å². The van der Waals surface area contributed by atoms with Crippen molar-refractivity contribution in [2.45, 2.75) is 26.3 Å². The summed E-state index contributed by atoms with van der Waals surface area (Å²) < 4.78 is 0. The summed E-state index contributed by atoms with van der Waals surface area (Å²) in [5.74, 6) is -0.115. The van der Waals surface area contributed by atoms with Gasteiger partial charge in [0.15, 0.2) is 11.5 Å². The average molecular weight is 276 g/mol. The first-order chi connectivity index (χ1) is 6.63. The Balaban J connectivity index is 0.00000196. The molecule has 0 radical (unpaired) electrons. The van der Waals surface area contributed by atoms with Crippen LogP contribution in [-0.2, 0) is 6.42 Å². The molecule has 0 spiro atoms. The maximum atomic E-state index is 9.27. The van der Waals surface area contributed by atoms with Gasteiger partial charge in [0.2, 0.25) is 0 Å². The van der Waals surface area contributed by atoms with Gasteiger partial charge in [-0.2, -0.15) is 0 Å². The molecular formula is C11H18BrNO2. The van der Waals surface area contributed by atoms with Gasteiger partial charge >= 0.3 is 0 Å². The number of hydrogen-bond donors (Lipinski definition) is 3. The third kappa shape index (κ3) is 4.53. The molecule has 0 fully saturated rings. The lowest BCUT2D eigenvalue weighted by atomic mass is 10.1. The van der Waals surface area contributed by atoms with Crippen LogP contribution in [0.3, 0.4) is 0 Å². The van der Waals surface area contributed by atoms with E-state index in [1.807, 2.05) is 6.07 Å². The number of nitrogens with one attached hydrogen (secondary N) is 1. The fraction of sp³-hybridized carbons (Fsp3) is 0.455. The van der Waals surface area contributed by atoms with E-state index in [1.165, 1.54) is 6.07 Å². The van der Waals surface area contributed by atoms with Crippen LogP contribution in [0.25, 0.3) is 0 Å². The third-order valence-electron chi connectivity index (χ3n) is 2.13. The zero-order chi connectivity index (χ0) is 10.6. The summed E-state index contributed by atoms with van der Waals surface area (Å²) in [5, 5.41) is 21.7. The number of phenols is 2. The molecule has 1 unspecified atom stereocenters. The SMILES string of the molecule is Br.CCNC(C)Cc1ccc(O)c(O)c1. The standard InChI is InChI=1S/C11H17NO2.BrH/c1-3-12-8(2)6-9-4-5-10(13)11(14)7-9;/h4-5,7-8,12-14H,3,6H2,1-2H3;1H. The van der Waals surface area contributed by atoms with Crippen molar-refractivity contribution in [3.05, 3.63) is 23.8 Å². The quantitative estimate of drug-likeness (QED) is 0.739. The summed E-state index contributed by atoms with van der Waals surface area (Å²) >= 11 is 0. The molecular weight excluding hydrogens is 258 g/mol. The summed E-state index contributed by atoms with van der Waals surface area (Å²) in [4.78, 5) is 0. The Kier molecular flexibility index (Phi) is 6.36. The van der Waals surface area contributed by atoms with E-state index in [-0.39, 0.29) is 28.5 Å². The van der Waals surface area contributed by atoms with E-state index in [9.17, 15) is 5.11 Å². The van der Waals surface area contributed by atoms with E-state index in [2.05, 4.69) is 19.2 Å². The number of rotatable bonds is 4. The van der Waals surface area contributed by atoms with Crippen LogP contribution >= 0.6 is 17.0 Å². The Morgan fingerprint density at radius 3 is 2.47 bits per heavy atom. The predicted molar refractivity (Wildman–Crippen MR) is 66.9 cm³/mol. The van der Waals surface area contributed by atoms with Crippen molar-refractivity contribution in [3.63, 3.8) is 0 Å². The molecule has 0 saturated heterocycles.